The van der Waals surface area contributed by atoms with Crippen LogP contribution in [0.5, 0.6) is 0 Å². The Kier molecular flexibility index (Phi) is 1.07. The van der Waals surface area contributed by atoms with Crippen molar-refractivity contribution in [2.24, 2.45) is 5.73 Å². The predicted molar refractivity (Wildman–Crippen MR) is 38.7 cm³/mol. The molecule has 11 heavy (non-hydrogen) atoms. The third-order valence-corrected chi connectivity index (χ3v) is 2.21. The molecule has 1 amide bonds. The van der Waals surface area contributed by atoms with Crippen LogP contribution in [-0.2, 0) is 10.2 Å². The van der Waals surface area contributed by atoms with E-state index >= 15 is 0 Å². The summed E-state index contributed by atoms with van der Waals surface area (Å²) in [6.45, 7) is 0. The van der Waals surface area contributed by atoms with Crippen LogP contribution in [0.4, 0.5) is 0 Å². The van der Waals surface area contributed by atoms with E-state index in [-0.39, 0.29) is 5.91 Å². The molecular weight excluding hydrogens is 142 g/mol. The van der Waals surface area contributed by atoms with Crippen LogP contribution in [0.15, 0.2) is 12.3 Å². The number of primary amides is 1. The molecule has 1 aliphatic rings. The summed E-state index contributed by atoms with van der Waals surface area (Å²) in [7, 11) is 0. The van der Waals surface area contributed by atoms with Crippen LogP contribution in [0.25, 0.3) is 0 Å². The van der Waals surface area contributed by atoms with Crippen LogP contribution in [0.1, 0.15) is 18.5 Å². The van der Waals surface area contributed by atoms with E-state index in [0.29, 0.717) is 0 Å². The van der Waals surface area contributed by atoms with Crippen molar-refractivity contribution in [3.63, 3.8) is 0 Å². The molecule has 4 heteroatoms. The van der Waals surface area contributed by atoms with Crippen molar-refractivity contribution in [2.75, 3.05) is 0 Å². The van der Waals surface area contributed by atoms with Gasteiger partial charge in [-0.25, -0.2) is 0 Å². The molecule has 1 saturated carbocycles. The number of amides is 1. The number of nitrogens with one attached hydrogen (secondary N) is 1. The Morgan fingerprint density at radius 2 is 2.45 bits per heavy atom. The number of carbonyl (C=O) groups excluding carboxylic acids is 1. The molecule has 1 aliphatic carbocycles. The van der Waals surface area contributed by atoms with Gasteiger partial charge in [0, 0.05) is 6.20 Å². The molecule has 0 saturated heterocycles. The van der Waals surface area contributed by atoms with Crippen molar-refractivity contribution < 1.29 is 4.79 Å². The van der Waals surface area contributed by atoms with Crippen molar-refractivity contribution >= 4 is 5.91 Å². The summed E-state index contributed by atoms with van der Waals surface area (Å²) < 4.78 is 0. The standard InChI is InChI=1S/C7H9N3O/c8-6(11)7(2-3-7)5-1-4-9-10-5/h1,4H,2-3H2,(H2,8,11)(H,9,10). The fraction of sp³-hybridized carbons (Fsp3) is 0.429. The fourth-order valence-corrected chi connectivity index (χ4v) is 1.28. The zero-order valence-corrected chi connectivity index (χ0v) is 6.00. The van der Waals surface area contributed by atoms with Crippen LogP contribution in [0.2, 0.25) is 0 Å². The number of hydrogen-bond donors (Lipinski definition) is 2. The molecule has 0 radical (unpaired) electrons. The Bertz CT molecular complexity index is 274. The average Bonchev–Trinajstić information content (AvgIpc) is 2.61. The topological polar surface area (TPSA) is 71.8 Å². The number of aromatic amines is 1. The van der Waals surface area contributed by atoms with Gasteiger partial charge in [-0.1, -0.05) is 0 Å². The summed E-state index contributed by atoms with van der Waals surface area (Å²) in [6.07, 6.45) is 3.39. The van der Waals surface area contributed by atoms with Gasteiger partial charge in [-0.2, -0.15) is 5.10 Å². The minimum absolute atomic E-state index is 0.260. The molecule has 0 aliphatic heterocycles. The zero-order valence-electron chi connectivity index (χ0n) is 6.00. The summed E-state index contributed by atoms with van der Waals surface area (Å²) in [5.74, 6) is -0.260. The molecule has 0 unspecified atom stereocenters. The van der Waals surface area contributed by atoms with Gasteiger partial charge in [0.2, 0.25) is 5.91 Å². The number of rotatable bonds is 2. The van der Waals surface area contributed by atoms with Crippen LogP contribution in [0.3, 0.4) is 0 Å². The van der Waals surface area contributed by atoms with E-state index in [4.69, 9.17) is 5.73 Å². The minimum atomic E-state index is -0.431. The lowest BCUT2D eigenvalue weighted by Crippen LogP contribution is -2.28. The normalized spacial score (nSPS) is 19.6. The lowest BCUT2D eigenvalue weighted by Gasteiger charge is -2.04. The summed E-state index contributed by atoms with van der Waals surface area (Å²) in [5.41, 5.74) is 5.58. The van der Waals surface area contributed by atoms with Gasteiger partial charge < -0.3 is 5.73 Å². The highest BCUT2D eigenvalue weighted by Crippen LogP contribution is 2.46. The van der Waals surface area contributed by atoms with Gasteiger partial charge in [-0.05, 0) is 18.9 Å². The second kappa shape index (κ2) is 1.84. The monoisotopic (exact) mass is 151 g/mol. The Morgan fingerprint density at radius 1 is 1.73 bits per heavy atom. The number of nitrogens with two attached hydrogens (primary N) is 1. The van der Waals surface area contributed by atoms with Gasteiger partial charge in [0.25, 0.3) is 0 Å². The van der Waals surface area contributed by atoms with E-state index in [0.717, 1.165) is 18.5 Å². The summed E-state index contributed by atoms with van der Waals surface area (Å²) >= 11 is 0. The van der Waals surface area contributed by atoms with E-state index in [1.807, 2.05) is 0 Å². The van der Waals surface area contributed by atoms with E-state index < -0.39 is 5.41 Å². The molecule has 3 N–H and O–H groups in total. The molecular formula is C7H9N3O. The predicted octanol–water partition coefficient (Wildman–Crippen LogP) is -0.0734. The first-order chi connectivity index (χ1) is 5.26. The molecule has 58 valence electrons. The van der Waals surface area contributed by atoms with Crippen LogP contribution < -0.4 is 5.73 Å². The highest BCUT2D eigenvalue weighted by Gasteiger charge is 2.51. The number of aromatic nitrogens is 2. The number of carbonyl (C=O) groups is 1. The van der Waals surface area contributed by atoms with Gasteiger partial charge >= 0.3 is 0 Å². The van der Waals surface area contributed by atoms with Crippen molar-refractivity contribution in [1.82, 2.24) is 10.2 Å². The first-order valence-electron chi connectivity index (χ1n) is 3.56. The van der Waals surface area contributed by atoms with Crippen LogP contribution in [-0.4, -0.2) is 16.1 Å². The Balaban J connectivity index is 2.36. The Labute approximate surface area is 63.8 Å². The summed E-state index contributed by atoms with van der Waals surface area (Å²) in [5, 5.41) is 6.62. The molecule has 0 spiro atoms. The van der Waals surface area contributed by atoms with Gasteiger partial charge in [-0.3, -0.25) is 9.89 Å². The third kappa shape index (κ3) is 0.753. The van der Waals surface area contributed by atoms with Crippen molar-refractivity contribution in [3.05, 3.63) is 18.0 Å². The second-order valence-electron chi connectivity index (χ2n) is 2.91. The van der Waals surface area contributed by atoms with Gasteiger partial charge in [0.05, 0.1) is 11.1 Å². The fourth-order valence-electron chi connectivity index (χ4n) is 1.28. The van der Waals surface area contributed by atoms with Crippen LogP contribution >= 0.6 is 0 Å². The SMILES string of the molecule is NC(=O)C1(c2cc[nH]n2)CC1. The summed E-state index contributed by atoms with van der Waals surface area (Å²) in [4.78, 5) is 11.0. The molecule has 2 rings (SSSR count). The molecule has 4 nitrogen and oxygen atoms in total. The quantitative estimate of drug-likeness (QED) is 0.620. The van der Waals surface area contributed by atoms with Gasteiger partial charge in [0.1, 0.15) is 0 Å². The van der Waals surface area contributed by atoms with Crippen molar-refractivity contribution in [3.8, 4) is 0 Å². The van der Waals surface area contributed by atoms with Crippen LogP contribution in [0, 0.1) is 0 Å². The van der Waals surface area contributed by atoms with Crippen molar-refractivity contribution in [1.29, 1.82) is 0 Å². The minimum Gasteiger partial charge on any atom is -0.369 e. The first-order valence-corrected chi connectivity index (χ1v) is 3.56. The maximum atomic E-state index is 11.0. The molecule has 0 atom stereocenters. The lowest BCUT2D eigenvalue weighted by molar-refractivity contribution is -0.120. The Morgan fingerprint density at radius 3 is 2.82 bits per heavy atom. The molecule has 1 fully saturated rings. The summed E-state index contributed by atoms with van der Waals surface area (Å²) in [6, 6.07) is 1.80. The van der Waals surface area contributed by atoms with Gasteiger partial charge in [0.15, 0.2) is 0 Å². The maximum absolute atomic E-state index is 11.0. The molecule has 0 aromatic carbocycles. The number of H-pyrrole nitrogens is 1. The number of nitrogens with zero attached hydrogens (tertiary/aromatic N) is 1. The second-order valence-corrected chi connectivity index (χ2v) is 2.91. The third-order valence-electron chi connectivity index (χ3n) is 2.21. The molecule has 0 bridgehead atoms. The molecule has 1 heterocycles. The lowest BCUT2D eigenvalue weighted by atomic mass is 10.0. The van der Waals surface area contributed by atoms with E-state index in [1.165, 1.54) is 0 Å². The number of hydrogen-bond acceptors (Lipinski definition) is 2. The first kappa shape index (κ1) is 6.39. The maximum Gasteiger partial charge on any atom is 0.229 e. The highest BCUT2D eigenvalue weighted by atomic mass is 16.1. The van der Waals surface area contributed by atoms with E-state index in [9.17, 15) is 4.79 Å². The largest absolute Gasteiger partial charge is 0.369 e. The van der Waals surface area contributed by atoms with E-state index in [1.54, 1.807) is 12.3 Å². The average molecular weight is 151 g/mol. The highest BCUT2D eigenvalue weighted by molar-refractivity contribution is 5.89. The Hall–Kier alpha value is -1.32. The molecule has 1 aromatic heterocycles. The van der Waals surface area contributed by atoms with E-state index in [2.05, 4.69) is 10.2 Å². The van der Waals surface area contributed by atoms with Gasteiger partial charge in [-0.15, -0.1) is 0 Å². The zero-order chi connectivity index (χ0) is 7.90. The smallest absolute Gasteiger partial charge is 0.229 e. The van der Waals surface area contributed by atoms with Crippen molar-refractivity contribution in [2.45, 2.75) is 18.3 Å². The molecule has 1 aromatic rings.